The number of aryl methyl sites for hydroxylation is 1. The Labute approximate surface area is 197 Å². The van der Waals surface area contributed by atoms with Crippen molar-refractivity contribution >= 4 is 28.5 Å². The maximum absolute atomic E-state index is 12.9. The van der Waals surface area contributed by atoms with E-state index in [9.17, 15) is 4.79 Å². The summed E-state index contributed by atoms with van der Waals surface area (Å²) in [6.07, 6.45) is 1.83. The van der Waals surface area contributed by atoms with Gasteiger partial charge in [0.1, 0.15) is 5.82 Å². The largest absolute Gasteiger partial charge is 0.454 e. The predicted octanol–water partition coefficient (Wildman–Crippen LogP) is 5.35. The zero-order valence-electron chi connectivity index (χ0n) is 18.3. The first kappa shape index (κ1) is 21.3. The summed E-state index contributed by atoms with van der Waals surface area (Å²) in [6.45, 7) is 3.36. The molecular weight excluding hydrogens is 438 g/mol. The Morgan fingerprint density at radius 2 is 1.94 bits per heavy atom. The lowest BCUT2D eigenvalue weighted by molar-refractivity contribution is 0.0951. The maximum atomic E-state index is 12.9. The molecule has 0 aliphatic carbocycles. The third-order valence-corrected chi connectivity index (χ3v) is 6.11. The van der Waals surface area contributed by atoms with Crippen molar-refractivity contribution < 1.29 is 14.3 Å². The number of nitrogens with one attached hydrogen (secondary N) is 1. The molecule has 33 heavy (non-hydrogen) atoms. The van der Waals surface area contributed by atoms with Gasteiger partial charge in [-0.1, -0.05) is 42.8 Å². The number of carbonyl (C=O) groups excluding carboxylic acids is 1. The SMILES string of the molecule is CCCc1nc2ccc(C(=O)NCc3ccc4c(c3)OCO4)cc2n1Cc1ccccc1Cl. The average molecular weight is 462 g/mol. The molecule has 0 saturated heterocycles. The lowest BCUT2D eigenvalue weighted by atomic mass is 10.1. The van der Waals surface area contributed by atoms with Crippen molar-refractivity contribution in [2.45, 2.75) is 32.9 Å². The summed E-state index contributed by atoms with van der Waals surface area (Å²) in [5, 5.41) is 3.72. The number of carbonyl (C=O) groups is 1. The monoisotopic (exact) mass is 461 g/mol. The number of nitrogens with zero attached hydrogens (tertiary/aromatic N) is 2. The average Bonchev–Trinajstić information content (AvgIpc) is 3.43. The van der Waals surface area contributed by atoms with Crippen LogP contribution in [0.3, 0.4) is 0 Å². The quantitative estimate of drug-likeness (QED) is 0.403. The number of rotatable bonds is 7. The summed E-state index contributed by atoms with van der Waals surface area (Å²) in [6, 6.07) is 19.1. The number of aromatic nitrogens is 2. The van der Waals surface area contributed by atoms with Gasteiger partial charge in [0.2, 0.25) is 6.79 Å². The van der Waals surface area contributed by atoms with Gasteiger partial charge in [0.05, 0.1) is 17.6 Å². The molecule has 1 aliphatic heterocycles. The van der Waals surface area contributed by atoms with Crippen molar-refractivity contribution in [1.29, 1.82) is 0 Å². The Kier molecular flexibility index (Phi) is 5.92. The normalized spacial score (nSPS) is 12.3. The number of amides is 1. The summed E-state index contributed by atoms with van der Waals surface area (Å²) in [5.74, 6) is 2.28. The third kappa shape index (κ3) is 4.39. The van der Waals surface area contributed by atoms with Crippen LogP contribution < -0.4 is 14.8 Å². The van der Waals surface area contributed by atoms with Crippen LogP contribution in [0.25, 0.3) is 11.0 Å². The van der Waals surface area contributed by atoms with Crippen molar-refractivity contribution in [2.24, 2.45) is 0 Å². The first-order valence-electron chi connectivity index (χ1n) is 11.0. The standard InChI is InChI=1S/C26H24ClN3O3/c1-2-5-25-29-21-10-9-18(13-22(21)30(25)15-19-6-3-4-7-20(19)27)26(31)28-14-17-8-11-23-24(12-17)33-16-32-23/h3-4,6-13H,2,5,14-16H2,1H3,(H,28,31). The number of hydrogen-bond donors (Lipinski definition) is 1. The van der Waals surface area contributed by atoms with Gasteiger partial charge in [0, 0.05) is 23.6 Å². The fraction of sp³-hybridized carbons (Fsp3) is 0.231. The van der Waals surface area contributed by atoms with E-state index in [4.69, 9.17) is 26.1 Å². The zero-order chi connectivity index (χ0) is 22.8. The Morgan fingerprint density at radius 1 is 1.09 bits per heavy atom. The number of benzene rings is 3. The van der Waals surface area contributed by atoms with Gasteiger partial charge < -0.3 is 19.4 Å². The molecule has 0 bridgehead atoms. The van der Waals surface area contributed by atoms with Crippen LogP contribution in [0.15, 0.2) is 60.7 Å². The molecule has 7 heteroatoms. The summed E-state index contributed by atoms with van der Waals surface area (Å²) in [4.78, 5) is 17.8. The minimum atomic E-state index is -0.142. The van der Waals surface area contributed by atoms with Gasteiger partial charge in [0.15, 0.2) is 11.5 Å². The van der Waals surface area contributed by atoms with E-state index in [1.54, 1.807) is 0 Å². The molecule has 0 fully saturated rings. The highest BCUT2D eigenvalue weighted by Crippen LogP contribution is 2.32. The summed E-state index contributed by atoms with van der Waals surface area (Å²) < 4.78 is 12.9. The van der Waals surface area contributed by atoms with Crippen molar-refractivity contribution in [3.63, 3.8) is 0 Å². The molecule has 6 nitrogen and oxygen atoms in total. The van der Waals surface area contributed by atoms with E-state index in [1.165, 1.54) is 0 Å². The fourth-order valence-corrected chi connectivity index (χ4v) is 4.23. The van der Waals surface area contributed by atoms with Gasteiger partial charge in [-0.2, -0.15) is 0 Å². The molecule has 0 spiro atoms. The zero-order valence-corrected chi connectivity index (χ0v) is 19.1. The molecule has 5 rings (SSSR count). The molecule has 0 saturated carbocycles. The smallest absolute Gasteiger partial charge is 0.251 e. The van der Waals surface area contributed by atoms with Crippen molar-refractivity contribution in [2.75, 3.05) is 6.79 Å². The molecular formula is C26H24ClN3O3. The molecule has 0 atom stereocenters. The minimum absolute atomic E-state index is 0.142. The molecule has 168 valence electrons. The molecule has 3 aromatic carbocycles. The maximum Gasteiger partial charge on any atom is 0.251 e. The van der Waals surface area contributed by atoms with Crippen LogP contribution in [0, 0.1) is 0 Å². The Bertz CT molecular complexity index is 1330. The molecule has 1 N–H and O–H groups in total. The van der Waals surface area contributed by atoms with Crippen LogP contribution in [0.5, 0.6) is 11.5 Å². The van der Waals surface area contributed by atoms with Crippen LogP contribution in [0.1, 0.15) is 40.7 Å². The number of hydrogen-bond acceptors (Lipinski definition) is 4. The number of halogens is 1. The summed E-state index contributed by atoms with van der Waals surface area (Å²) >= 11 is 6.42. The van der Waals surface area contributed by atoms with Crippen molar-refractivity contribution in [1.82, 2.24) is 14.9 Å². The van der Waals surface area contributed by atoms with Gasteiger partial charge >= 0.3 is 0 Å². The molecule has 2 heterocycles. The van der Waals surface area contributed by atoms with Crippen LogP contribution in [-0.4, -0.2) is 22.3 Å². The highest BCUT2D eigenvalue weighted by atomic mass is 35.5. The van der Waals surface area contributed by atoms with Gasteiger partial charge in [-0.05, 0) is 53.9 Å². The van der Waals surface area contributed by atoms with Crippen molar-refractivity contribution in [3.8, 4) is 11.5 Å². The van der Waals surface area contributed by atoms with E-state index in [2.05, 4.69) is 16.8 Å². The first-order valence-corrected chi connectivity index (χ1v) is 11.4. The van der Waals surface area contributed by atoms with E-state index < -0.39 is 0 Å². The third-order valence-electron chi connectivity index (χ3n) is 5.74. The topological polar surface area (TPSA) is 65.4 Å². The summed E-state index contributed by atoms with van der Waals surface area (Å²) in [7, 11) is 0. The molecule has 4 aromatic rings. The molecule has 1 aromatic heterocycles. The molecule has 0 unspecified atom stereocenters. The molecule has 1 aliphatic rings. The van der Waals surface area contributed by atoms with E-state index >= 15 is 0 Å². The number of imidazole rings is 1. The second-order valence-electron chi connectivity index (χ2n) is 8.03. The van der Waals surface area contributed by atoms with Crippen LogP contribution >= 0.6 is 11.6 Å². The number of fused-ring (bicyclic) bond motifs is 2. The van der Waals surface area contributed by atoms with Gasteiger partial charge in [-0.25, -0.2) is 4.98 Å². The van der Waals surface area contributed by atoms with E-state index in [1.807, 2.05) is 60.7 Å². The number of ether oxygens (including phenoxy) is 2. The Morgan fingerprint density at radius 3 is 2.79 bits per heavy atom. The van der Waals surface area contributed by atoms with Crippen LogP contribution in [0.2, 0.25) is 5.02 Å². The fourth-order valence-electron chi connectivity index (χ4n) is 4.04. The molecule has 0 radical (unpaired) electrons. The van der Waals surface area contributed by atoms with Crippen LogP contribution in [-0.2, 0) is 19.5 Å². The van der Waals surface area contributed by atoms with E-state index in [0.29, 0.717) is 24.4 Å². The Hall–Kier alpha value is -3.51. The highest BCUT2D eigenvalue weighted by Gasteiger charge is 2.16. The van der Waals surface area contributed by atoms with Crippen molar-refractivity contribution in [3.05, 3.63) is 88.2 Å². The second kappa shape index (κ2) is 9.16. The van der Waals surface area contributed by atoms with E-state index in [0.717, 1.165) is 51.6 Å². The summed E-state index contributed by atoms with van der Waals surface area (Å²) in [5.41, 5.74) is 4.36. The van der Waals surface area contributed by atoms with Gasteiger partial charge in [-0.3, -0.25) is 4.79 Å². The second-order valence-corrected chi connectivity index (χ2v) is 8.44. The lowest BCUT2D eigenvalue weighted by Crippen LogP contribution is -2.22. The minimum Gasteiger partial charge on any atom is -0.454 e. The van der Waals surface area contributed by atoms with E-state index in [-0.39, 0.29) is 12.7 Å². The first-order chi connectivity index (χ1) is 16.1. The van der Waals surface area contributed by atoms with Gasteiger partial charge in [0.25, 0.3) is 5.91 Å². The Balaban J connectivity index is 1.40. The van der Waals surface area contributed by atoms with Crippen LogP contribution in [0.4, 0.5) is 0 Å². The predicted molar refractivity (Wildman–Crippen MR) is 128 cm³/mol. The highest BCUT2D eigenvalue weighted by molar-refractivity contribution is 6.31. The van der Waals surface area contributed by atoms with Gasteiger partial charge in [-0.15, -0.1) is 0 Å². The molecule has 1 amide bonds. The lowest BCUT2D eigenvalue weighted by Gasteiger charge is -2.11.